The van der Waals surface area contributed by atoms with Crippen molar-refractivity contribution in [3.05, 3.63) is 0 Å². The van der Waals surface area contributed by atoms with Crippen LogP contribution in [0.15, 0.2) is 0 Å². The van der Waals surface area contributed by atoms with Crippen molar-refractivity contribution in [1.82, 2.24) is 5.32 Å². The minimum absolute atomic E-state index is 0.0135. The van der Waals surface area contributed by atoms with E-state index in [9.17, 15) is 13.2 Å². The van der Waals surface area contributed by atoms with E-state index in [1.54, 1.807) is 0 Å². The van der Waals surface area contributed by atoms with Gasteiger partial charge in [-0.2, -0.15) is 13.2 Å². The summed E-state index contributed by atoms with van der Waals surface area (Å²) in [7, 11) is 0. The van der Waals surface area contributed by atoms with E-state index in [4.69, 9.17) is 0 Å². The Labute approximate surface area is 95.8 Å². The van der Waals surface area contributed by atoms with Gasteiger partial charge in [-0.05, 0) is 30.1 Å². The Morgan fingerprint density at radius 1 is 1.06 bits per heavy atom. The second kappa shape index (κ2) is 4.21. The molecule has 1 saturated carbocycles. The molecule has 0 heterocycles. The standard InChI is InChI=1S/C12H22F3N/c1-10(2)5-9(6-11(3,4)7-10)16-8-12(13,14)15/h9,16H,5-8H2,1-4H3. The van der Waals surface area contributed by atoms with Gasteiger partial charge in [0, 0.05) is 6.04 Å². The van der Waals surface area contributed by atoms with Crippen LogP contribution in [0.4, 0.5) is 13.2 Å². The number of halogens is 3. The van der Waals surface area contributed by atoms with Crippen LogP contribution in [0, 0.1) is 10.8 Å². The third-order valence-corrected chi connectivity index (χ3v) is 3.15. The van der Waals surface area contributed by atoms with Gasteiger partial charge in [-0.15, -0.1) is 0 Å². The molecule has 0 aliphatic heterocycles. The van der Waals surface area contributed by atoms with Gasteiger partial charge in [-0.25, -0.2) is 0 Å². The lowest BCUT2D eigenvalue weighted by atomic mass is 9.63. The summed E-state index contributed by atoms with van der Waals surface area (Å²) in [5, 5.41) is 2.65. The highest BCUT2D eigenvalue weighted by Crippen LogP contribution is 2.45. The molecule has 0 spiro atoms. The van der Waals surface area contributed by atoms with Crippen LogP contribution in [0.2, 0.25) is 0 Å². The molecule has 0 aromatic carbocycles. The molecule has 0 saturated heterocycles. The molecule has 0 aromatic heterocycles. The second-order valence-electron chi connectivity index (χ2n) is 6.61. The molecule has 1 nitrogen and oxygen atoms in total. The Morgan fingerprint density at radius 3 is 1.88 bits per heavy atom. The Kier molecular flexibility index (Phi) is 3.63. The Balaban J connectivity index is 2.55. The summed E-state index contributed by atoms with van der Waals surface area (Å²) in [5.74, 6) is 0. The molecular formula is C12H22F3N. The number of hydrogen-bond donors (Lipinski definition) is 1. The summed E-state index contributed by atoms with van der Waals surface area (Å²) in [6.45, 7) is 7.67. The highest BCUT2D eigenvalue weighted by Gasteiger charge is 2.39. The van der Waals surface area contributed by atoms with Gasteiger partial charge in [-0.3, -0.25) is 0 Å². The van der Waals surface area contributed by atoms with Crippen LogP contribution >= 0.6 is 0 Å². The van der Waals surface area contributed by atoms with E-state index >= 15 is 0 Å². The molecule has 4 heteroatoms. The number of hydrogen-bond acceptors (Lipinski definition) is 1. The number of rotatable bonds is 2. The SMILES string of the molecule is CC1(C)CC(NCC(F)(F)F)CC(C)(C)C1. The first-order valence-electron chi connectivity index (χ1n) is 5.79. The average molecular weight is 237 g/mol. The average Bonchev–Trinajstić information content (AvgIpc) is 1.93. The molecule has 0 unspecified atom stereocenters. The van der Waals surface area contributed by atoms with E-state index in [2.05, 4.69) is 33.0 Å². The van der Waals surface area contributed by atoms with Crippen molar-refractivity contribution in [2.75, 3.05) is 6.54 Å². The van der Waals surface area contributed by atoms with Gasteiger partial charge in [-0.1, -0.05) is 27.7 Å². The maximum absolute atomic E-state index is 12.1. The van der Waals surface area contributed by atoms with Crippen LogP contribution in [-0.4, -0.2) is 18.8 Å². The Bertz CT molecular complexity index is 227. The van der Waals surface area contributed by atoms with Crippen molar-refractivity contribution in [3.63, 3.8) is 0 Å². The zero-order valence-corrected chi connectivity index (χ0v) is 10.5. The van der Waals surface area contributed by atoms with Crippen LogP contribution in [0.25, 0.3) is 0 Å². The minimum atomic E-state index is -4.11. The molecule has 0 bridgehead atoms. The molecule has 1 aliphatic carbocycles. The minimum Gasteiger partial charge on any atom is -0.306 e. The highest BCUT2D eigenvalue weighted by atomic mass is 19.4. The first kappa shape index (κ1) is 13.8. The molecule has 1 rings (SSSR count). The topological polar surface area (TPSA) is 12.0 Å². The van der Waals surface area contributed by atoms with Gasteiger partial charge < -0.3 is 5.32 Å². The molecule has 96 valence electrons. The molecular weight excluding hydrogens is 215 g/mol. The van der Waals surface area contributed by atoms with Crippen molar-refractivity contribution >= 4 is 0 Å². The summed E-state index contributed by atoms with van der Waals surface area (Å²) in [4.78, 5) is 0. The third kappa shape index (κ3) is 4.73. The van der Waals surface area contributed by atoms with Gasteiger partial charge >= 0.3 is 6.18 Å². The normalized spacial score (nSPS) is 25.7. The van der Waals surface area contributed by atoms with Gasteiger partial charge in [0.2, 0.25) is 0 Å². The van der Waals surface area contributed by atoms with E-state index in [-0.39, 0.29) is 16.9 Å². The molecule has 0 aromatic rings. The quantitative estimate of drug-likeness (QED) is 0.771. The fourth-order valence-electron chi connectivity index (χ4n) is 3.25. The maximum atomic E-state index is 12.1. The van der Waals surface area contributed by atoms with E-state index in [1.807, 2.05) is 0 Å². The molecule has 0 radical (unpaired) electrons. The lowest BCUT2D eigenvalue weighted by Crippen LogP contribution is -2.46. The molecule has 1 fully saturated rings. The summed E-state index contributed by atoms with van der Waals surface area (Å²) in [6, 6.07) is -0.0135. The second-order valence-corrected chi connectivity index (χ2v) is 6.61. The van der Waals surface area contributed by atoms with Crippen molar-refractivity contribution in [2.24, 2.45) is 10.8 Å². The van der Waals surface area contributed by atoms with E-state index in [0.29, 0.717) is 0 Å². The molecule has 1 aliphatic rings. The van der Waals surface area contributed by atoms with Crippen molar-refractivity contribution < 1.29 is 13.2 Å². The third-order valence-electron chi connectivity index (χ3n) is 3.15. The van der Waals surface area contributed by atoms with Crippen molar-refractivity contribution in [2.45, 2.75) is 59.2 Å². The molecule has 0 atom stereocenters. The van der Waals surface area contributed by atoms with Crippen LogP contribution in [0.5, 0.6) is 0 Å². The summed E-state index contributed by atoms with van der Waals surface area (Å²) >= 11 is 0. The van der Waals surface area contributed by atoms with Crippen molar-refractivity contribution in [1.29, 1.82) is 0 Å². The monoisotopic (exact) mass is 237 g/mol. The van der Waals surface area contributed by atoms with E-state index in [1.165, 1.54) is 0 Å². The Morgan fingerprint density at radius 2 is 1.50 bits per heavy atom. The summed E-state index contributed by atoms with van der Waals surface area (Å²) in [5.41, 5.74) is 0.260. The first-order chi connectivity index (χ1) is 6.99. The largest absolute Gasteiger partial charge is 0.401 e. The highest BCUT2D eigenvalue weighted by molar-refractivity contribution is 4.92. The lowest BCUT2D eigenvalue weighted by molar-refractivity contribution is -0.128. The Hall–Kier alpha value is -0.250. The molecule has 16 heavy (non-hydrogen) atoms. The van der Waals surface area contributed by atoms with Crippen LogP contribution in [0.3, 0.4) is 0 Å². The van der Waals surface area contributed by atoms with Gasteiger partial charge in [0.15, 0.2) is 0 Å². The van der Waals surface area contributed by atoms with Gasteiger partial charge in [0.25, 0.3) is 0 Å². The van der Waals surface area contributed by atoms with Crippen molar-refractivity contribution in [3.8, 4) is 0 Å². The fourth-order valence-corrected chi connectivity index (χ4v) is 3.25. The smallest absolute Gasteiger partial charge is 0.306 e. The molecule has 0 amide bonds. The zero-order valence-electron chi connectivity index (χ0n) is 10.5. The maximum Gasteiger partial charge on any atom is 0.401 e. The molecule has 1 N–H and O–H groups in total. The lowest BCUT2D eigenvalue weighted by Gasteiger charge is -2.45. The predicted octanol–water partition coefficient (Wildman–Crippen LogP) is 3.74. The summed E-state index contributed by atoms with van der Waals surface area (Å²) < 4.78 is 36.4. The van der Waals surface area contributed by atoms with Crippen LogP contribution < -0.4 is 5.32 Å². The summed E-state index contributed by atoms with van der Waals surface area (Å²) in [6.07, 6.45) is -1.38. The number of nitrogens with one attached hydrogen (secondary N) is 1. The number of alkyl halides is 3. The fraction of sp³-hybridized carbons (Fsp3) is 1.00. The predicted molar refractivity (Wildman–Crippen MR) is 59.3 cm³/mol. The van der Waals surface area contributed by atoms with Gasteiger partial charge in [0.05, 0.1) is 6.54 Å². The zero-order chi connectivity index (χ0) is 12.6. The first-order valence-corrected chi connectivity index (χ1v) is 5.79. The van der Waals surface area contributed by atoms with Crippen LogP contribution in [0.1, 0.15) is 47.0 Å². The van der Waals surface area contributed by atoms with E-state index in [0.717, 1.165) is 19.3 Å². The van der Waals surface area contributed by atoms with E-state index < -0.39 is 12.7 Å². The van der Waals surface area contributed by atoms with Crippen LogP contribution in [-0.2, 0) is 0 Å². The van der Waals surface area contributed by atoms with Gasteiger partial charge in [0.1, 0.15) is 0 Å².